The Hall–Kier alpha value is -1.36. The molecule has 0 aliphatic carbocycles. The van der Waals surface area contributed by atoms with Crippen LogP contribution in [0.15, 0.2) is 24.3 Å². The van der Waals surface area contributed by atoms with Crippen LogP contribution >= 0.6 is 0 Å². The highest BCUT2D eigenvalue weighted by Gasteiger charge is 2.29. The molecule has 1 saturated heterocycles. The molecule has 0 N–H and O–H groups in total. The van der Waals surface area contributed by atoms with Gasteiger partial charge in [0, 0.05) is 0 Å². The molecule has 2 rings (SSSR count). The molecule has 86 valence electrons. The minimum atomic E-state index is -2.95. The average molecular weight is 240 g/mol. The second-order valence-electron chi connectivity index (χ2n) is 3.80. The maximum absolute atomic E-state index is 11.2. The zero-order valence-electron chi connectivity index (χ0n) is 8.63. The van der Waals surface area contributed by atoms with Crippen LogP contribution in [0.4, 0.5) is 0 Å². The smallest absolute Gasteiger partial charge is 0.154 e. The molecule has 0 saturated carbocycles. The molecule has 4 nitrogen and oxygen atoms in total. The molecule has 16 heavy (non-hydrogen) atoms. The molecule has 1 unspecified atom stereocenters. The summed E-state index contributed by atoms with van der Waals surface area (Å²) in [7, 11) is -2.95. The van der Waals surface area contributed by atoms with E-state index in [1.807, 2.05) is 0 Å². The maximum atomic E-state index is 11.2. The topological polar surface area (TPSA) is 60.4 Å². The van der Waals surface area contributed by atoms with Crippen LogP contribution in [-0.2, 0) is 9.84 Å². The van der Waals surface area contributed by atoms with Crippen molar-refractivity contribution in [3.05, 3.63) is 29.8 Å². The van der Waals surface area contributed by atoms with Gasteiger partial charge in [-0.3, -0.25) is 4.79 Å². The van der Waals surface area contributed by atoms with Crippen molar-refractivity contribution in [2.75, 3.05) is 11.5 Å². The monoisotopic (exact) mass is 240 g/mol. The summed E-state index contributed by atoms with van der Waals surface area (Å²) in [5, 5.41) is 0. The van der Waals surface area contributed by atoms with E-state index in [4.69, 9.17) is 4.74 Å². The van der Waals surface area contributed by atoms with Crippen LogP contribution in [0.25, 0.3) is 0 Å². The number of carbonyl (C=O) groups is 1. The Morgan fingerprint density at radius 3 is 2.69 bits per heavy atom. The molecule has 1 aromatic rings. The lowest BCUT2D eigenvalue weighted by molar-refractivity contribution is 0.111. The molecule has 1 aliphatic rings. The second-order valence-corrected chi connectivity index (χ2v) is 6.03. The molecule has 1 atom stereocenters. The van der Waals surface area contributed by atoms with Gasteiger partial charge in [-0.2, -0.15) is 0 Å². The molecule has 0 bridgehead atoms. The lowest BCUT2D eigenvalue weighted by Crippen LogP contribution is -2.18. The zero-order valence-corrected chi connectivity index (χ0v) is 9.44. The van der Waals surface area contributed by atoms with Gasteiger partial charge < -0.3 is 4.74 Å². The Balaban J connectivity index is 2.13. The molecular formula is C11H12O4S. The quantitative estimate of drug-likeness (QED) is 0.741. The van der Waals surface area contributed by atoms with E-state index < -0.39 is 9.84 Å². The molecule has 1 fully saturated rings. The molecule has 1 heterocycles. The van der Waals surface area contributed by atoms with E-state index in [1.165, 1.54) is 0 Å². The number of hydrogen-bond acceptors (Lipinski definition) is 4. The van der Waals surface area contributed by atoms with Crippen LogP contribution in [-0.4, -0.2) is 32.3 Å². The van der Waals surface area contributed by atoms with Crippen LogP contribution in [0.5, 0.6) is 5.75 Å². The van der Waals surface area contributed by atoms with Crippen molar-refractivity contribution in [2.45, 2.75) is 12.5 Å². The summed E-state index contributed by atoms with van der Waals surface area (Å²) in [5.41, 5.74) is 0.451. The number of para-hydroxylation sites is 1. The molecular weight excluding hydrogens is 228 g/mol. The van der Waals surface area contributed by atoms with Gasteiger partial charge in [0.1, 0.15) is 11.9 Å². The van der Waals surface area contributed by atoms with Crippen LogP contribution in [0.2, 0.25) is 0 Å². The summed E-state index contributed by atoms with van der Waals surface area (Å²) in [4.78, 5) is 10.7. The van der Waals surface area contributed by atoms with Crippen molar-refractivity contribution in [3.63, 3.8) is 0 Å². The zero-order chi connectivity index (χ0) is 11.6. The molecule has 5 heteroatoms. The van der Waals surface area contributed by atoms with Crippen molar-refractivity contribution in [1.82, 2.24) is 0 Å². The highest BCUT2D eigenvalue weighted by atomic mass is 32.2. The van der Waals surface area contributed by atoms with Gasteiger partial charge in [0.2, 0.25) is 0 Å². The molecule has 0 amide bonds. The highest BCUT2D eigenvalue weighted by molar-refractivity contribution is 7.91. The minimum absolute atomic E-state index is 0.0419. The van der Waals surface area contributed by atoms with E-state index in [0.717, 1.165) is 0 Å². The fraction of sp³-hybridized carbons (Fsp3) is 0.364. The molecule has 0 aromatic heterocycles. The third-order valence-electron chi connectivity index (χ3n) is 2.53. The summed E-state index contributed by atoms with van der Waals surface area (Å²) in [6.45, 7) is 0. The van der Waals surface area contributed by atoms with Gasteiger partial charge in [-0.05, 0) is 18.6 Å². The van der Waals surface area contributed by atoms with Gasteiger partial charge in [-0.1, -0.05) is 12.1 Å². The van der Waals surface area contributed by atoms with E-state index in [-0.39, 0.29) is 17.6 Å². The summed E-state index contributed by atoms with van der Waals surface area (Å²) >= 11 is 0. The third kappa shape index (κ3) is 2.41. The normalized spacial score (nSPS) is 22.9. The lowest BCUT2D eigenvalue weighted by Gasteiger charge is -2.13. The SMILES string of the molecule is O=Cc1ccccc1OC1CCS(=O)(=O)C1. The van der Waals surface area contributed by atoms with Crippen LogP contribution in [0.3, 0.4) is 0 Å². The number of rotatable bonds is 3. The largest absolute Gasteiger partial charge is 0.489 e. The van der Waals surface area contributed by atoms with Crippen LogP contribution < -0.4 is 4.74 Å². The van der Waals surface area contributed by atoms with Gasteiger partial charge in [0.05, 0.1) is 17.1 Å². The van der Waals surface area contributed by atoms with E-state index >= 15 is 0 Å². The third-order valence-corrected chi connectivity index (χ3v) is 4.27. The first-order chi connectivity index (χ1) is 7.61. The van der Waals surface area contributed by atoms with Crippen LogP contribution in [0.1, 0.15) is 16.8 Å². The van der Waals surface area contributed by atoms with Crippen molar-refractivity contribution < 1.29 is 17.9 Å². The molecule has 0 spiro atoms. The Bertz CT molecular complexity index is 492. The van der Waals surface area contributed by atoms with Crippen LogP contribution in [0, 0.1) is 0 Å². The summed E-state index contributed by atoms with van der Waals surface area (Å²) in [6, 6.07) is 6.81. The summed E-state index contributed by atoms with van der Waals surface area (Å²) < 4.78 is 28.0. The first kappa shape index (κ1) is 11.1. The minimum Gasteiger partial charge on any atom is -0.489 e. The van der Waals surface area contributed by atoms with Gasteiger partial charge in [0.25, 0.3) is 0 Å². The van der Waals surface area contributed by atoms with Gasteiger partial charge >= 0.3 is 0 Å². The van der Waals surface area contributed by atoms with E-state index in [9.17, 15) is 13.2 Å². The Morgan fingerprint density at radius 2 is 2.06 bits per heavy atom. The number of benzene rings is 1. The number of ether oxygens (including phenoxy) is 1. The van der Waals surface area contributed by atoms with E-state index in [2.05, 4.69) is 0 Å². The number of sulfone groups is 1. The second kappa shape index (κ2) is 4.25. The van der Waals surface area contributed by atoms with Crippen molar-refractivity contribution in [1.29, 1.82) is 0 Å². The Morgan fingerprint density at radius 1 is 1.31 bits per heavy atom. The standard InChI is InChI=1S/C11H12O4S/c12-7-9-3-1-2-4-11(9)15-10-5-6-16(13,14)8-10/h1-4,7,10H,5-6,8H2. The van der Waals surface area contributed by atoms with E-state index in [0.29, 0.717) is 24.0 Å². The van der Waals surface area contributed by atoms with E-state index in [1.54, 1.807) is 24.3 Å². The number of carbonyl (C=O) groups excluding carboxylic acids is 1. The van der Waals surface area contributed by atoms with Crippen molar-refractivity contribution in [2.24, 2.45) is 0 Å². The van der Waals surface area contributed by atoms with Crippen molar-refractivity contribution >= 4 is 16.1 Å². The molecule has 1 aromatic carbocycles. The number of aldehydes is 1. The predicted octanol–water partition coefficient (Wildman–Crippen LogP) is 1.06. The van der Waals surface area contributed by atoms with Gasteiger partial charge in [-0.25, -0.2) is 8.42 Å². The first-order valence-electron chi connectivity index (χ1n) is 5.02. The highest BCUT2D eigenvalue weighted by Crippen LogP contribution is 2.22. The fourth-order valence-corrected chi connectivity index (χ4v) is 3.31. The predicted molar refractivity (Wildman–Crippen MR) is 59.5 cm³/mol. The van der Waals surface area contributed by atoms with Gasteiger partial charge in [-0.15, -0.1) is 0 Å². The fourth-order valence-electron chi connectivity index (χ4n) is 1.72. The number of hydrogen-bond donors (Lipinski definition) is 0. The molecule has 1 aliphatic heterocycles. The first-order valence-corrected chi connectivity index (χ1v) is 6.84. The van der Waals surface area contributed by atoms with Gasteiger partial charge in [0.15, 0.2) is 16.1 Å². The Kier molecular flexibility index (Phi) is 2.96. The summed E-state index contributed by atoms with van der Waals surface area (Å²) in [5.74, 6) is 0.667. The average Bonchev–Trinajstić information content (AvgIpc) is 2.59. The van der Waals surface area contributed by atoms with Crippen molar-refractivity contribution in [3.8, 4) is 5.75 Å². The summed E-state index contributed by atoms with van der Waals surface area (Å²) in [6.07, 6.45) is 0.875. The molecule has 0 radical (unpaired) electrons. The Labute approximate surface area is 94.2 Å². The lowest BCUT2D eigenvalue weighted by atomic mass is 10.2. The maximum Gasteiger partial charge on any atom is 0.154 e.